The molecule has 0 atom stereocenters. The van der Waals surface area contributed by atoms with E-state index in [-0.39, 0.29) is 23.2 Å². The summed E-state index contributed by atoms with van der Waals surface area (Å²) >= 11 is 0. The van der Waals surface area contributed by atoms with Crippen LogP contribution < -0.4 is 5.56 Å². The quantitative estimate of drug-likeness (QED) is 0.524. The number of nitrogens with zero attached hydrogens (tertiary/aromatic N) is 3. The van der Waals surface area contributed by atoms with Crippen LogP contribution in [0.5, 0.6) is 0 Å². The molecule has 8 heteroatoms. The predicted molar refractivity (Wildman–Crippen MR) is 111 cm³/mol. The van der Waals surface area contributed by atoms with E-state index in [9.17, 15) is 9.59 Å². The van der Waals surface area contributed by atoms with Gasteiger partial charge in [-0.05, 0) is 37.1 Å². The largest absolute Gasteiger partial charge is 0.464 e. The molecule has 0 aliphatic carbocycles. The number of carbonyl (C=O) groups excluding carboxylic acids is 1. The zero-order valence-electron chi connectivity index (χ0n) is 16.6. The lowest BCUT2D eigenvalue weighted by Crippen LogP contribution is -2.35. The second-order valence-corrected chi connectivity index (χ2v) is 7.59. The number of fused-ring (bicyclic) bond motifs is 3. The lowest BCUT2D eigenvalue weighted by molar-refractivity contribution is 0.0581. The van der Waals surface area contributed by atoms with Crippen LogP contribution in [-0.2, 0) is 11.3 Å². The molecular formula is C22H22N4O4. The van der Waals surface area contributed by atoms with Crippen LogP contribution in [0.2, 0.25) is 0 Å². The monoisotopic (exact) mass is 406 g/mol. The van der Waals surface area contributed by atoms with Crippen LogP contribution in [0.3, 0.4) is 0 Å². The summed E-state index contributed by atoms with van der Waals surface area (Å²) < 4.78 is 12.5. The zero-order chi connectivity index (χ0) is 20.7. The van der Waals surface area contributed by atoms with Gasteiger partial charge in [0.25, 0.3) is 5.56 Å². The molecular weight excluding hydrogens is 384 g/mol. The summed E-state index contributed by atoms with van der Waals surface area (Å²) in [6.07, 6.45) is 3.74. The van der Waals surface area contributed by atoms with E-state index in [0.717, 1.165) is 31.3 Å². The lowest BCUT2D eigenvalue weighted by atomic mass is 10.0. The first-order chi connectivity index (χ1) is 14.6. The normalized spacial score (nSPS) is 15.8. The van der Waals surface area contributed by atoms with Crippen molar-refractivity contribution in [1.82, 2.24) is 19.4 Å². The van der Waals surface area contributed by atoms with Crippen molar-refractivity contribution < 1.29 is 13.9 Å². The maximum absolute atomic E-state index is 12.5. The highest BCUT2D eigenvalue weighted by Gasteiger charge is 2.24. The summed E-state index contributed by atoms with van der Waals surface area (Å²) in [6, 6.07) is 11.4. The van der Waals surface area contributed by atoms with Gasteiger partial charge in [0.15, 0.2) is 0 Å². The van der Waals surface area contributed by atoms with Crippen molar-refractivity contribution in [2.24, 2.45) is 0 Å². The fourth-order valence-electron chi connectivity index (χ4n) is 4.28. The second kappa shape index (κ2) is 7.46. The molecule has 8 nitrogen and oxygen atoms in total. The molecule has 154 valence electrons. The van der Waals surface area contributed by atoms with Crippen LogP contribution in [0.15, 0.2) is 51.8 Å². The Kier molecular flexibility index (Phi) is 4.63. The molecule has 1 saturated heterocycles. The number of aromatic amines is 1. The Morgan fingerprint density at radius 3 is 2.83 bits per heavy atom. The van der Waals surface area contributed by atoms with E-state index in [1.165, 1.54) is 7.11 Å². The van der Waals surface area contributed by atoms with E-state index in [0.29, 0.717) is 29.2 Å². The molecule has 0 radical (unpaired) electrons. The number of furan rings is 1. The van der Waals surface area contributed by atoms with E-state index in [2.05, 4.69) is 14.9 Å². The van der Waals surface area contributed by atoms with Gasteiger partial charge in [0.1, 0.15) is 22.6 Å². The number of ether oxygens (including phenoxy) is 1. The number of rotatable bonds is 4. The van der Waals surface area contributed by atoms with E-state index in [1.807, 2.05) is 41.1 Å². The number of benzene rings is 1. The van der Waals surface area contributed by atoms with Crippen molar-refractivity contribution in [2.45, 2.75) is 25.4 Å². The second-order valence-electron chi connectivity index (χ2n) is 7.59. The van der Waals surface area contributed by atoms with Crippen molar-refractivity contribution in [3.8, 4) is 0 Å². The molecule has 30 heavy (non-hydrogen) atoms. The van der Waals surface area contributed by atoms with Gasteiger partial charge in [-0.3, -0.25) is 9.69 Å². The molecule has 1 fully saturated rings. The molecule has 1 N–H and O–H groups in total. The van der Waals surface area contributed by atoms with Crippen molar-refractivity contribution in [3.05, 3.63) is 64.5 Å². The SMILES string of the molecule is COC(=O)c1cccn1C1CCN(Cc2nc3c(oc4ccccc43)c(=O)[nH]2)CC1. The number of piperidine rings is 1. The molecule has 0 unspecified atom stereocenters. The highest BCUT2D eigenvalue weighted by Crippen LogP contribution is 2.27. The minimum absolute atomic E-state index is 0.248. The van der Waals surface area contributed by atoms with Gasteiger partial charge in [0, 0.05) is 30.7 Å². The average Bonchev–Trinajstić information content (AvgIpc) is 3.39. The molecule has 1 aliphatic rings. The molecule has 5 rings (SSSR count). The van der Waals surface area contributed by atoms with Crippen molar-refractivity contribution in [1.29, 1.82) is 0 Å². The number of hydrogen-bond donors (Lipinski definition) is 1. The standard InChI is InChI=1S/C22H22N4O4/c1-29-22(28)16-6-4-10-26(16)14-8-11-25(12-9-14)13-18-23-19-15-5-2-3-7-17(15)30-20(19)21(27)24-18/h2-7,10,14H,8-9,11-13H2,1H3,(H,23,24,27). The highest BCUT2D eigenvalue weighted by molar-refractivity contribution is 6.01. The number of para-hydroxylation sites is 1. The molecule has 0 saturated carbocycles. The maximum Gasteiger partial charge on any atom is 0.354 e. The molecule has 4 heterocycles. The van der Waals surface area contributed by atoms with Crippen molar-refractivity contribution in [2.75, 3.05) is 20.2 Å². The van der Waals surface area contributed by atoms with Crippen molar-refractivity contribution >= 4 is 28.0 Å². The number of nitrogens with one attached hydrogen (secondary N) is 1. The van der Waals surface area contributed by atoms with Gasteiger partial charge in [0.2, 0.25) is 5.58 Å². The average molecular weight is 406 g/mol. The molecule has 0 spiro atoms. The van der Waals surface area contributed by atoms with Crippen LogP contribution in [0.4, 0.5) is 0 Å². The molecule has 1 aliphatic heterocycles. The molecule has 0 amide bonds. The number of esters is 1. The Bertz CT molecular complexity index is 1280. The van der Waals surface area contributed by atoms with Gasteiger partial charge >= 0.3 is 5.97 Å². The molecule has 0 bridgehead atoms. The van der Waals surface area contributed by atoms with Gasteiger partial charge in [-0.15, -0.1) is 0 Å². The van der Waals surface area contributed by atoms with Crippen molar-refractivity contribution in [3.63, 3.8) is 0 Å². The number of carbonyl (C=O) groups is 1. The number of H-pyrrole nitrogens is 1. The van der Waals surface area contributed by atoms with Crippen LogP contribution in [-0.4, -0.2) is 45.6 Å². The fourth-order valence-corrected chi connectivity index (χ4v) is 4.28. The van der Waals surface area contributed by atoms with Gasteiger partial charge in [-0.25, -0.2) is 9.78 Å². The summed E-state index contributed by atoms with van der Waals surface area (Å²) in [6.45, 7) is 2.25. The highest BCUT2D eigenvalue weighted by atomic mass is 16.5. The van der Waals surface area contributed by atoms with Gasteiger partial charge < -0.3 is 18.7 Å². The number of aromatic nitrogens is 3. The van der Waals surface area contributed by atoms with Crippen LogP contribution in [0.25, 0.3) is 22.1 Å². The Morgan fingerprint density at radius 1 is 1.23 bits per heavy atom. The topological polar surface area (TPSA) is 93.4 Å². The van der Waals surface area contributed by atoms with Gasteiger partial charge in [-0.1, -0.05) is 12.1 Å². The van der Waals surface area contributed by atoms with E-state index >= 15 is 0 Å². The first-order valence-corrected chi connectivity index (χ1v) is 10.0. The lowest BCUT2D eigenvalue weighted by Gasteiger charge is -2.33. The Hall–Kier alpha value is -3.39. The zero-order valence-corrected chi connectivity index (χ0v) is 16.6. The Morgan fingerprint density at radius 2 is 2.03 bits per heavy atom. The Labute approximate surface area is 172 Å². The first-order valence-electron chi connectivity index (χ1n) is 10.0. The van der Waals surface area contributed by atoms with E-state index < -0.39 is 0 Å². The summed E-state index contributed by atoms with van der Waals surface area (Å²) in [7, 11) is 1.40. The third kappa shape index (κ3) is 3.19. The number of methoxy groups -OCH3 is 1. The van der Waals surface area contributed by atoms with Crippen LogP contribution in [0, 0.1) is 0 Å². The van der Waals surface area contributed by atoms with Crippen LogP contribution >= 0.6 is 0 Å². The minimum atomic E-state index is -0.315. The smallest absolute Gasteiger partial charge is 0.354 e. The van der Waals surface area contributed by atoms with E-state index in [1.54, 1.807) is 6.07 Å². The first kappa shape index (κ1) is 18.6. The maximum atomic E-state index is 12.5. The van der Waals surface area contributed by atoms with Gasteiger partial charge in [0.05, 0.1) is 13.7 Å². The summed E-state index contributed by atoms with van der Waals surface area (Å²) in [4.78, 5) is 34.3. The summed E-state index contributed by atoms with van der Waals surface area (Å²) in [5, 5.41) is 0.849. The number of hydrogen-bond acceptors (Lipinski definition) is 6. The Balaban J connectivity index is 1.33. The summed E-state index contributed by atoms with van der Waals surface area (Å²) in [5.74, 6) is 0.318. The minimum Gasteiger partial charge on any atom is -0.464 e. The fraction of sp³-hybridized carbons (Fsp3) is 0.318. The molecule has 4 aromatic rings. The number of likely N-dealkylation sites (tertiary alicyclic amines) is 1. The van der Waals surface area contributed by atoms with Gasteiger partial charge in [-0.2, -0.15) is 0 Å². The third-order valence-electron chi connectivity index (χ3n) is 5.78. The molecule has 1 aromatic carbocycles. The third-order valence-corrected chi connectivity index (χ3v) is 5.78. The van der Waals surface area contributed by atoms with E-state index in [4.69, 9.17) is 9.15 Å². The van der Waals surface area contributed by atoms with Crippen LogP contribution in [0.1, 0.15) is 35.2 Å². The summed E-state index contributed by atoms with van der Waals surface area (Å²) in [5.41, 5.74) is 1.86. The predicted octanol–water partition coefficient (Wildman–Crippen LogP) is 3.09. The molecule has 3 aromatic heterocycles.